The Bertz CT molecular complexity index is 819. The van der Waals surface area contributed by atoms with Crippen LogP contribution in [0.5, 0.6) is 0 Å². The zero-order valence-electron chi connectivity index (χ0n) is 14.1. The number of hydrogen-bond acceptors (Lipinski definition) is 3. The van der Waals surface area contributed by atoms with Gasteiger partial charge in [-0.25, -0.2) is 4.98 Å². The van der Waals surface area contributed by atoms with Crippen molar-refractivity contribution in [1.82, 2.24) is 24.6 Å². The second-order valence-electron chi connectivity index (χ2n) is 6.01. The van der Waals surface area contributed by atoms with E-state index >= 15 is 0 Å². The van der Waals surface area contributed by atoms with Crippen LogP contribution in [0.4, 0.5) is 0 Å². The van der Waals surface area contributed by atoms with Crippen LogP contribution in [0.25, 0.3) is 11.3 Å². The Balaban J connectivity index is 1.92. The minimum Gasteiger partial charge on any atom is -0.337 e. The zero-order valence-corrected chi connectivity index (χ0v) is 14.1. The van der Waals surface area contributed by atoms with Crippen molar-refractivity contribution < 1.29 is 4.79 Å². The molecular weight excluding hydrogens is 302 g/mol. The van der Waals surface area contributed by atoms with Crippen molar-refractivity contribution >= 4 is 5.91 Å². The highest BCUT2D eigenvalue weighted by molar-refractivity contribution is 5.99. The van der Waals surface area contributed by atoms with E-state index in [1.54, 1.807) is 17.3 Å². The number of amides is 1. The molecule has 2 heterocycles. The van der Waals surface area contributed by atoms with Crippen molar-refractivity contribution in [2.45, 2.75) is 26.4 Å². The van der Waals surface area contributed by atoms with Crippen LogP contribution in [-0.4, -0.2) is 36.6 Å². The summed E-state index contributed by atoms with van der Waals surface area (Å²) in [5.74, 6) is 0.794. The maximum absolute atomic E-state index is 13.1. The molecule has 6 heteroatoms. The lowest BCUT2D eigenvalue weighted by molar-refractivity contribution is 0.0684. The van der Waals surface area contributed by atoms with Gasteiger partial charge in [-0.3, -0.25) is 9.89 Å². The number of hydrogen-bond donors (Lipinski definition) is 1. The number of benzene rings is 1. The Labute approximate surface area is 141 Å². The van der Waals surface area contributed by atoms with Crippen molar-refractivity contribution in [2.75, 3.05) is 0 Å². The monoisotopic (exact) mass is 323 g/mol. The third-order valence-corrected chi connectivity index (χ3v) is 4.05. The Morgan fingerprint density at radius 1 is 1.29 bits per heavy atom. The molecule has 0 aliphatic heterocycles. The summed E-state index contributed by atoms with van der Waals surface area (Å²) in [7, 11) is 1.93. The molecule has 0 atom stereocenters. The maximum Gasteiger partial charge on any atom is 0.258 e. The fraction of sp³-hybridized carbons (Fsp3) is 0.278. The van der Waals surface area contributed by atoms with E-state index in [9.17, 15) is 4.79 Å². The number of carbonyl (C=O) groups excluding carboxylic acids is 1. The smallest absolute Gasteiger partial charge is 0.258 e. The van der Waals surface area contributed by atoms with Crippen molar-refractivity contribution in [3.8, 4) is 11.3 Å². The largest absolute Gasteiger partial charge is 0.337 e. The summed E-state index contributed by atoms with van der Waals surface area (Å²) < 4.78 is 1.93. The number of imidazole rings is 1. The molecule has 0 unspecified atom stereocenters. The third-order valence-electron chi connectivity index (χ3n) is 4.05. The first-order chi connectivity index (χ1) is 11.6. The summed E-state index contributed by atoms with van der Waals surface area (Å²) >= 11 is 0. The summed E-state index contributed by atoms with van der Waals surface area (Å²) in [6.07, 6.45) is 5.22. The van der Waals surface area contributed by atoms with Crippen LogP contribution in [0.1, 0.15) is 30.0 Å². The molecule has 1 aromatic carbocycles. The topological polar surface area (TPSA) is 66.8 Å². The first-order valence-electron chi connectivity index (χ1n) is 7.94. The zero-order chi connectivity index (χ0) is 17.1. The number of aryl methyl sites for hydroxylation is 1. The molecule has 1 N–H and O–H groups in total. The molecule has 24 heavy (non-hydrogen) atoms. The Morgan fingerprint density at radius 3 is 2.67 bits per heavy atom. The predicted octanol–water partition coefficient (Wildman–Crippen LogP) is 2.86. The number of rotatable bonds is 5. The molecule has 0 fully saturated rings. The molecule has 2 aromatic heterocycles. The van der Waals surface area contributed by atoms with E-state index in [1.807, 2.05) is 62.0 Å². The fourth-order valence-electron chi connectivity index (χ4n) is 2.62. The Morgan fingerprint density at radius 2 is 2.04 bits per heavy atom. The van der Waals surface area contributed by atoms with Crippen LogP contribution in [0.2, 0.25) is 0 Å². The number of H-pyrrole nitrogens is 1. The van der Waals surface area contributed by atoms with E-state index in [1.165, 1.54) is 0 Å². The first-order valence-corrected chi connectivity index (χ1v) is 7.94. The van der Waals surface area contributed by atoms with Gasteiger partial charge in [0.2, 0.25) is 0 Å². The van der Waals surface area contributed by atoms with Gasteiger partial charge in [0.15, 0.2) is 0 Å². The summed E-state index contributed by atoms with van der Waals surface area (Å²) in [6, 6.07) is 9.80. The summed E-state index contributed by atoms with van der Waals surface area (Å²) in [5, 5.41) is 7.03. The lowest BCUT2D eigenvalue weighted by Gasteiger charge is -2.26. The number of nitrogens with zero attached hydrogens (tertiary/aromatic N) is 4. The molecule has 0 spiro atoms. The summed E-state index contributed by atoms with van der Waals surface area (Å²) in [6.45, 7) is 4.46. The van der Waals surface area contributed by atoms with E-state index in [4.69, 9.17) is 0 Å². The molecule has 0 aliphatic carbocycles. The number of carbonyl (C=O) groups is 1. The molecule has 0 bridgehead atoms. The normalized spacial score (nSPS) is 11.0. The number of aromatic nitrogens is 4. The molecule has 6 nitrogen and oxygen atoms in total. The minimum atomic E-state index is -0.0550. The van der Waals surface area contributed by atoms with Gasteiger partial charge in [0.25, 0.3) is 5.91 Å². The van der Waals surface area contributed by atoms with Gasteiger partial charge >= 0.3 is 0 Å². The quantitative estimate of drug-likeness (QED) is 0.785. The molecular formula is C18H21N5O. The van der Waals surface area contributed by atoms with Gasteiger partial charge in [0.1, 0.15) is 5.82 Å². The van der Waals surface area contributed by atoms with Crippen LogP contribution in [0, 0.1) is 0 Å². The molecule has 124 valence electrons. The highest BCUT2D eigenvalue weighted by Crippen LogP contribution is 2.23. The highest BCUT2D eigenvalue weighted by Gasteiger charge is 2.24. The lowest BCUT2D eigenvalue weighted by Crippen LogP contribution is -2.37. The highest BCUT2D eigenvalue weighted by atomic mass is 16.2. The molecule has 3 rings (SSSR count). The van der Waals surface area contributed by atoms with E-state index in [2.05, 4.69) is 15.2 Å². The van der Waals surface area contributed by atoms with Gasteiger partial charge in [-0.05, 0) is 13.8 Å². The Kier molecular flexibility index (Phi) is 4.46. The second kappa shape index (κ2) is 6.70. The predicted molar refractivity (Wildman–Crippen MR) is 92.2 cm³/mol. The average Bonchev–Trinajstić information content (AvgIpc) is 3.21. The summed E-state index contributed by atoms with van der Waals surface area (Å²) in [4.78, 5) is 19.2. The van der Waals surface area contributed by atoms with Crippen LogP contribution < -0.4 is 0 Å². The maximum atomic E-state index is 13.1. The second-order valence-corrected chi connectivity index (χ2v) is 6.01. The van der Waals surface area contributed by atoms with Gasteiger partial charge < -0.3 is 9.47 Å². The standard InChI is InChI=1S/C18H21N5O/c1-13(2)23(12-16-19-9-10-22(16)3)18(24)15-11-20-21-17(15)14-7-5-4-6-8-14/h4-11,13H,12H2,1-3H3,(H,20,21). The molecule has 0 saturated carbocycles. The van der Waals surface area contributed by atoms with Gasteiger partial charge in [-0.2, -0.15) is 5.10 Å². The molecule has 1 amide bonds. The average molecular weight is 323 g/mol. The Hall–Kier alpha value is -2.89. The van der Waals surface area contributed by atoms with Gasteiger partial charge in [-0.1, -0.05) is 30.3 Å². The number of nitrogens with one attached hydrogen (secondary N) is 1. The van der Waals surface area contributed by atoms with E-state index in [0.29, 0.717) is 12.1 Å². The fourth-order valence-corrected chi connectivity index (χ4v) is 2.62. The van der Waals surface area contributed by atoms with Gasteiger partial charge in [-0.15, -0.1) is 0 Å². The minimum absolute atomic E-state index is 0.0488. The van der Waals surface area contributed by atoms with Crippen molar-refractivity contribution in [2.24, 2.45) is 7.05 Å². The molecule has 0 aliphatic rings. The lowest BCUT2D eigenvalue weighted by atomic mass is 10.1. The van der Waals surface area contributed by atoms with Crippen LogP contribution >= 0.6 is 0 Å². The van der Waals surface area contributed by atoms with Crippen LogP contribution in [0.15, 0.2) is 48.9 Å². The SMILES string of the molecule is CC(C)N(Cc1nccn1C)C(=O)c1cn[nH]c1-c1ccccc1. The van der Waals surface area contributed by atoms with Gasteiger partial charge in [0.05, 0.1) is 24.0 Å². The van der Waals surface area contributed by atoms with Crippen LogP contribution in [-0.2, 0) is 13.6 Å². The number of aromatic amines is 1. The van der Waals surface area contributed by atoms with Crippen molar-refractivity contribution in [1.29, 1.82) is 0 Å². The van der Waals surface area contributed by atoms with E-state index < -0.39 is 0 Å². The van der Waals surface area contributed by atoms with E-state index in [-0.39, 0.29) is 11.9 Å². The van der Waals surface area contributed by atoms with E-state index in [0.717, 1.165) is 17.1 Å². The van der Waals surface area contributed by atoms with Crippen molar-refractivity contribution in [3.63, 3.8) is 0 Å². The molecule has 0 radical (unpaired) electrons. The van der Waals surface area contributed by atoms with Gasteiger partial charge in [0, 0.05) is 31.0 Å². The molecule has 3 aromatic rings. The first kappa shape index (κ1) is 16.0. The molecule has 0 saturated heterocycles. The third kappa shape index (κ3) is 3.08. The van der Waals surface area contributed by atoms with Crippen LogP contribution in [0.3, 0.4) is 0 Å². The van der Waals surface area contributed by atoms with Crippen molar-refractivity contribution in [3.05, 3.63) is 60.3 Å². The summed E-state index contributed by atoms with van der Waals surface area (Å²) in [5.41, 5.74) is 2.26.